The highest BCUT2D eigenvalue weighted by Crippen LogP contribution is 2.31. The maximum absolute atomic E-state index is 13.8. The highest BCUT2D eigenvalue weighted by atomic mass is 35.5. The molecule has 0 bridgehead atoms. The van der Waals surface area contributed by atoms with Crippen molar-refractivity contribution in [1.82, 2.24) is 9.88 Å². The molecule has 4 nitrogen and oxygen atoms in total. The number of para-hydroxylation sites is 1. The van der Waals surface area contributed by atoms with E-state index >= 15 is 0 Å². The van der Waals surface area contributed by atoms with Crippen LogP contribution in [0, 0.1) is 6.92 Å². The zero-order chi connectivity index (χ0) is 22.1. The Kier molecular flexibility index (Phi) is 5.54. The number of carbonyl (C=O) groups is 1. The highest BCUT2D eigenvalue weighted by molar-refractivity contribution is 6.30. The van der Waals surface area contributed by atoms with E-state index in [0.29, 0.717) is 13.1 Å². The standard InChI is InChI=1S/C27H24ClN3O/c1-19-25(23-9-5-6-10-24(23)29-26(19)20-7-3-2-4-8-20)27(32)31-17-15-30(16-18-31)22-13-11-21(28)12-14-22/h2-14H,15-18H2,1H3. The minimum atomic E-state index is 0.0778. The van der Waals surface area contributed by atoms with Crippen LogP contribution in [0.4, 0.5) is 5.69 Å². The molecule has 5 rings (SSSR count). The summed E-state index contributed by atoms with van der Waals surface area (Å²) >= 11 is 6.03. The van der Waals surface area contributed by atoms with Gasteiger partial charge in [-0.3, -0.25) is 4.79 Å². The van der Waals surface area contributed by atoms with E-state index < -0.39 is 0 Å². The van der Waals surface area contributed by atoms with E-state index in [9.17, 15) is 4.79 Å². The van der Waals surface area contributed by atoms with Gasteiger partial charge in [-0.05, 0) is 42.8 Å². The van der Waals surface area contributed by atoms with Gasteiger partial charge in [0.2, 0.25) is 0 Å². The topological polar surface area (TPSA) is 36.4 Å². The van der Waals surface area contributed by atoms with Crippen molar-refractivity contribution < 1.29 is 4.79 Å². The molecule has 1 amide bonds. The summed E-state index contributed by atoms with van der Waals surface area (Å²) in [7, 11) is 0. The number of halogens is 1. The van der Waals surface area contributed by atoms with Crippen molar-refractivity contribution in [3.63, 3.8) is 0 Å². The normalized spacial score (nSPS) is 14.1. The lowest BCUT2D eigenvalue weighted by molar-refractivity contribution is 0.0748. The van der Waals surface area contributed by atoms with E-state index in [1.54, 1.807) is 0 Å². The summed E-state index contributed by atoms with van der Waals surface area (Å²) in [5, 5.41) is 1.65. The van der Waals surface area contributed by atoms with Crippen LogP contribution in [0.2, 0.25) is 5.02 Å². The monoisotopic (exact) mass is 441 g/mol. The summed E-state index contributed by atoms with van der Waals surface area (Å²) in [4.78, 5) is 22.9. The SMILES string of the molecule is Cc1c(-c2ccccc2)nc2ccccc2c1C(=O)N1CCN(c2ccc(Cl)cc2)CC1. The van der Waals surface area contributed by atoms with Crippen LogP contribution < -0.4 is 4.90 Å². The predicted octanol–water partition coefficient (Wildman–Crippen LogP) is 5.83. The van der Waals surface area contributed by atoms with Gasteiger partial charge in [-0.15, -0.1) is 0 Å². The number of aromatic nitrogens is 1. The Labute approximate surface area is 193 Å². The van der Waals surface area contributed by atoms with Crippen molar-refractivity contribution in [3.8, 4) is 11.3 Å². The summed E-state index contributed by atoms with van der Waals surface area (Å²) in [6.45, 7) is 4.96. The quantitative estimate of drug-likeness (QED) is 0.401. The minimum absolute atomic E-state index is 0.0778. The van der Waals surface area contributed by atoms with Crippen LogP contribution in [0.15, 0.2) is 78.9 Å². The van der Waals surface area contributed by atoms with Crippen molar-refractivity contribution >= 4 is 34.1 Å². The third kappa shape index (κ3) is 3.82. The molecule has 5 heteroatoms. The van der Waals surface area contributed by atoms with E-state index in [1.165, 1.54) is 0 Å². The summed E-state index contributed by atoms with van der Waals surface area (Å²) < 4.78 is 0. The van der Waals surface area contributed by atoms with E-state index in [2.05, 4.69) is 4.90 Å². The van der Waals surface area contributed by atoms with Crippen LogP contribution in [-0.2, 0) is 0 Å². The summed E-state index contributed by atoms with van der Waals surface area (Å²) in [5.74, 6) is 0.0778. The smallest absolute Gasteiger partial charge is 0.255 e. The lowest BCUT2D eigenvalue weighted by Gasteiger charge is -2.36. The van der Waals surface area contributed by atoms with Crippen LogP contribution in [0.25, 0.3) is 22.2 Å². The Morgan fingerprint density at radius 1 is 0.844 bits per heavy atom. The number of amides is 1. The van der Waals surface area contributed by atoms with Gasteiger partial charge in [0.25, 0.3) is 5.91 Å². The van der Waals surface area contributed by atoms with Gasteiger partial charge in [-0.25, -0.2) is 4.98 Å². The Bertz CT molecular complexity index is 1260. The second kappa shape index (κ2) is 8.64. The number of benzene rings is 3. The summed E-state index contributed by atoms with van der Waals surface area (Å²) in [5.41, 5.74) is 5.57. The molecular formula is C27H24ClN3O. The molecule has 1 aromatic heterocycles. The fourth-order valence-electron chi connectivity index (χ4n) is 4.44. The fraction of sp³-hybridized carbons (Fsp3) is 0.185. The molecule has 160 valence electrons. The first kappa shape index (κ1) is 20.5. The van der Waals surface area contributed by atoms with Crippen LogP contribution in [0.5, 0.6) is 0 Å². The molecule has 0 atom stereocenters. The van der Waals surface area contributed by atoms with Gasteiger partial charge in [0.05, 0.1) is 16.8 Å². The molecule has 1 aliphatic heterocycles. The van der Waals surface area contributed by atoms with Gasteiger partial charge in [0.1, 0.15) is 0 Å². The van der Waals surface area contributed by atoms with Crippen molar-refractivity contribution in [2.75, 3.05) is 31.1 Å². The van der Waals surface area contributed by atoms with Gasteiger partial charge in [0.15, 0.2) is 0 Å². The van der Waals surface area contributed by atoms with Crippen molar-refractivity contribution in [1.29, 1.82) is 0 Å². The summed E-state index contributed by atoms with van der Waals surface area (Å²) in [6.07, 6.45) is 0. The van der Waals surface area contributed by atoms with Gasteiger partial charge >= 0.3 is 0 Å². The van der Waals surface area contributed by atoms with Gasteiger partial charge in [0, 0.05) is 47.8 Å². The molecule has 1 fully saturated rings. The van der Waals surface area contributed by atoms with Gasteiger partial charge in [-0.2, -0.15) is 0 Å². The van der Waals surface area contributed by atoms with E-state index in [4.69, 9.17) is 16.6 Å². The molecule has 0 aliphatic carbocycles. The zero-order valence-electron chi connectivity index (χ0n) is 18.0. The van der Waals surface area contributed by atoms with E-state index in [-0.39, 0.29) is 5.91 Å². The molecule has 4 aromatic rings. The van der Waals surface area contributed by atoms with Gasteiger partial charge in [-0.1, -0.05) is 60.1 Å². The molecule has 0 N–H and O–H groups in total. The Morgan fingerprint density at radius 2 is 1.50 bits per heavy atom. The third-order valence-electron chi connectivity index (χ3n) is 6.16. The second-order valence-electron chi connectivity index (χ2n) is 8.10. The van der Waals surface area contributed by atoms with E-state index in [0.717, 1.165) is 57.1 Å². The number of hydrogen-bond acceptors (Lipinski definition) is 3. The first-order valence-corrected chi connectivity index (χ1v) is 11.2. The summed E-state index contributed by atoms with van der Waals surface area (Å²) in [6, 6.07) is 25.9. The largest absolute Gasteiger partial charge is 0.368 e. The average molecular weight is 442 g/mol. The van der Waals surface area contributed by atoms with Crippen LogP contribution in [0.3, 0.4) is 0 Å². The Balaban J connectivity index is 1.47. The molecule has 0 radical (unpaired) electrons. The lowest BCUT2D eigenvalue weighted by Crippen LogP contribution is -2.49. The zero-order valence-corrected chi connectivity index (χ0v) is 18.7. The Morgan fingerprint density at radius 3 is 2.22 bits per heavy atom. The molecule has 0 saturated carbocycles. The van der Waals surface area contributed by atoms with Crippen molar-refractivity contribution in [3.05, 3.63) is 95.0 Å². The highest BCUT2D eigenvalue weighted by Gasteiger charge is 2.26. The molecule has 0 unspecified atom stereocenters. The number of piperazine rings is 1. The first-order valence-electron chi connectivity index (χ1n) is 10.9. The van der Waals surface area contributed by atoms with Crippen LogP contribution in [0.1, 0.15) is 15.9 Å². The number of anilines is 1. The first-order chi connectivity index (χ1) is 15.6. The molecule has 1 saturated heterocycles. The van der Waals surface area contributed by atoms with E-state index in [1.807, 2.05) is 90.7 Å². The van der Waals surface area contributed by atoms with Gasteiger partial charge < -0.3 is 9.80 Å². The number of pyridine rings is 1. The molecule has 0 spiro atoms. The number of rotatable bonds is 3. The van der Waals surface area contributed by atoms with Crippen molar-refractivity contribution in [2.45, 2.75) is 6.92 Å². The van der Waals surface area contributed by atoms with Crippen molar-refractivity contribution in [2.24, 2.45) is 0 Å². The fourth-order valence-corrected chi connectivity index (χ4v) is 4.56. The number of fused-ring (bicyclic) bond motifs is 1. The average Bonchev–Trinajstić information content (AvgIpc) is 2.84. The minimum Gasteiger partial charge on any atom is -0.368 e. The predicted molar refractivity (Wildman–Crippen MR) is 131 cm³/mol. The molecule has 2 heterocycles. The maximum Gasteiger partial charge on any atom is 0.255 e. The number of nitrogens with zero attached hydrogens (tertiary/aromatic N) is 3. The molecular weight excluding hydrogens is 418 g/mol. The lowest BCUT2D eigenvalue weighted by atomic mass is 9.96. The molecule has 3 aromatic carbocycles. The van der Waals surface area contributed by atoms with Crippen LogP contribution in [-0.4, -0.2) is 42.0 Å². The Hall–Kier alpha value is -3.37. The maximum atomic E-state index is 13.8. The molecule has 1 aliphatic rings. The van der Waals surface area contributed by atoms with Crippen LogP contribution >= 0.6 is 11.6 Å². The number of hydrogen-bond donors (Lipinski definition) is 0. The third-order valence-corrected chi connectivity index (χ3v) is 6.41. The molecule has 32 heavy (non-hydrogen) atoms. The second-order valence-corrected chi connectivity index (χ2v) is 8.54. The number of carbonyl (C=O) groups excluding carboxylic acids is 1.